The van der Waals surface area contributed by atoms with E-state index in [-0.39, 0.29) is 11.7 Å². The molecule has 3 heteroatoms. The zero-order valence-electron chi connectivity index (χ0n) is 9.58. The molecule has 0 bridgehead atoms. The molecule has 0 radical (unpaired) electrons. The molecule has 0 aliphatic heterocycles. The zero-order valence-corrected chi connectivity index (χ0v) is 9.58. The van der Waals surface area contributed by atoms with Crippen LogP contribution in [0.3, 0.4) is 0 Å². The predicted molar refractivity (Wildman–Crippen MR) is 62.1 cm³/mol. The molecule has 1 aromatic rings. The van der Waals surface area contributed by atoms with E-state index in [0.29, 0.717) is 12.5 Å². The summed E-state index contributed by atoms with van der Waals surface area (Å²) in [5.74, 6) is 1.39. The van der Waals surface area contributed by atoms with Gasteiger partial charge >= 0.3 is 0 Å². The summed E-state index contributed by atoms with van der Waals surface area (Å²) in [5, 5.41) is 0. The van der Waals surface area contributed by atoms with Gasteiger partial charge in [0.15, 0.2) is 0 Å². The van der Waals surface area contributed by atoms with E-state index in [4.69, 9.17) is 10.5 Å². The average Bonchev–Trinajstić information content (AvgIpc) is 3.10. The summed E-state index contributed by atoms with van der Waals surface area (Å²) in [6, 6.07) is 4.67. The van der Waals surface area contributed by atoms with Crippen molar-refractivity contribution in [1.29, 1.82) is 0 Å². The lowest BCUT2D eigenvalue weighted by Gasteiger charge is -2.15. The minimum atomic E-state index is -0.228. The lowest BCUT2D eigenvalue weighted by molar-refractivity contribution is 0.295. The van der Waals surface area contributed by atoms with Crippen LogP contribution in [0.2, 0.25) is 0 Å². The van der Waals surface area contributed by atoms with E-state index in [1.54, 1.807) is 6.07 Å². The lowest BCUT2D eigenvalue weighted by Crippen LogP contribution is -2.11. The summed E-state index contributed by atoms with van der Waals surface area (Å²) >= 11 is 0. The standard InChI is InChI=1S/C13H18FNO/c1-9(7-15)12-6-11(14)4-5-13(12)16-8-10-2-3-10/h4-6,9-10H,2-3,7-8,15H2,1H3. The molecule has 0 amide bonds. The highest BCUT2D eigenvalue weighted by Gasteiger charge is 2.22. The molecule has 2 nitrogen and oxygen atoms in total. The van der Waals surface area contributed by atoms with Crippen molar-refractivity contribution in [1.82, 2.24) is 0 Å². The van der Waals surface area contributed by atoms with Crippen molar-refractivity contribution in [3.05, 3.63) is 29.6 Å². The molecular formula is C13H18FNO. The molecule has 0 heterocycles. The Morgan fingerprint density at radius 2 is 2.25 bits per heavy atom. The van der Waals surface area contributed by atoms with E-state index in [0.717, 1.165) is 17.9 Å². The van der Waals surface area contributed by atoms with Crippen LogP contribution in [0.4, 0.5) is 4.39 Å². The fraction of sp³-hybridized carbons (Fsp3) is 0.538. The van der Waals surface area contributed by atoms with E-state index in [2.05, 4.69) is 0 Å². The molecule has 16 heavy (non-hydrogen) atoms. The van der Waals surface area contributed by atoms with Crippen LogP contribution in [0, 0.1) is 11.7 Å². The molecule has 2 rings (SSSR count). The van der Waals surface area contributed by atoms with Gasteiger partial charge in [-0.3, -0.25) is 0 Å². The van der Waals surface area contributed by atoms with Gasteiger partial charge in [0.05, 0.1) is 6.61 Å². The summed E-state index contributed by atoms with van der Waals surface area (Å²) in [6.07, 6.45) is 2.51. The number of hydrogen-bond acceptors (Lipinski definition) is 2. The van der Waals surface area contributed by atoms with Crippen molar-refractivity contribution < 1.29 is 9.13 Å². The van der Waals surface area contributed by atoms with Gasteiger partial charge in [-0.15, -0.1) is 0 Å². The molecule has 1 fully saturated rings. The van der Waals surface area contributed by atoms with Crippen molar-refractivity contribution in [3.8, 4) is 5.75 Å². The fourth-order valence-corrected chi connectivity index (χ4v) is 1.65. The van der Waals surface area contributed by atoms with Crippen LogP contribution in [-0.2, 0) is 0 Å². The minimum Gasteiger partial charge on any atom is -0.493 e. The van der Waals surface area contributed by atoms with E-state index >= 15 is 0 Å². The first-order chi connectivity index (χ1) is 7.70. The second-order valence-electron chi connectivity index (χ2n) is 4.57. The molecule has 1 unspecified atom stereocenters. The monoisotopic (exact) mass is 223 g/mol. The molecule has 1 aliphatic rings. The third-order valence-corrected chi connectivity index (χ3v) is 3.03. The largest absolute Gasteiger partial charge is 0.493 e. The molecule has 0 spiro atoms. The normalized spacial score (nSPS) is 17.2. The van der Waals surface area contributed by atoms with Crippen LogP contribution in [0.15, 0.2) is 18.2 Å². The molecule has 88 valence electrons. The first-order valence-electron chi connectivity index (χ1n) is 5.83. The van der Waals surface area contributed by atoms with E-state index in [9.17, 15) is 4.39 Å². The maximum atomic E-state index is 13.2. The molecule has 1 aromatic carbocycles. The van der Waals surface area contributed by atoms with Gasteiger partial charge < -0.3 is 10.5 Å². The molecule has 1 saturated carbocycles. The Morgan fingerprint density at radius 1 is 1.50 bits per heavy atom. The van der Waals surface area contributed by atoms with E-state index < -0.39 is 0 Å². The van der Waals surface area contributed by atoms with Crippen molar-refractivity contribution in [3.63, 3.8) is 0 Å². The van der Waals surface area contributed by atoms with Gasteiger partial charge in [0.1, 0.15) is 11.6 Å². The maximum absolute atomic E-state index is 13.2. The summed E-state index contributed by atoms with van der Waals surface area (Å²) < 4.78 is 18.9. The number of halogens is 1. The quantitative estimate of drug-likeness (QED) is 0.833. The Labute approximate surface area is 95.6 Å². The Balaban J connectivity index is 2.13. The number of rotatable bonds is 5. The van der Waals surface area contributed by atoms with Gasteiger partial charge in [-0.05, 0) is 49.4 Å². The molecule has 1 aliphatic carbocycles. The van der Waals surface area contributed by atoms with Crippen molar-refractivity contribution in [2.75, 3.05) is 13.2 Å². The molecule has 1 atom stereocenters. The first kappa shape index (κ1) is 11.4. The molecule has 0 saturated heterocycles. The highest BCUT2D eigenvalue weighted by Crippen LogP contribution is 2.32. The third-order valence-electron chi connectivity index (χ3n) is 3.03. The Kier molecular flexibility index (Phi) is 3.44. The van der Waals surface area contributed by atoms with Crippen LogP contribution < -0.4 is 10.5 Å². The van der Waals surface area contributed by atoms with Gasteiger partial charge in [-0.1, -0.05) is 6.92 Å². The topological polar surface area (TPSA) is 35.2 Å². The van der Waals surface area contributed by atoms with Crippen molar-refractivity contribution >= 4 is 0 Å². The van der Waals surface area contributed by atoms with Crippen molar-refractivity contribution in [2.45, 2.75) is 25.7 Å². The Morgan fingerprint density at radius 3 is 2.88 bits per heavy atom. The smallest absolute Gasteiger partial charge is 0.123 e. The second kappa shape index (κ2) is 4.83. The van der Waals surface area contributed by atoms with Gasteiger partial charge in [-0.25, -0.2) is 4.39 Å². The van der Waals surface area contributed by atoms with Crippen LogP contribution in [0.5, 0.6) is 5.75 Å². The summed E-state index contributed by atoms with van der Waals surface area (Å²) in [5.41, 5.74) is 6.49. The van der Waals surface area contributed by atoms with Crippen LogP contribution in [-0.4, -0.2) is 13.2 Å². The number of ether oxygens (including phenoxy) is 1. The van der Waals surface area contributed by atoms with Crippen LogP contribution >= 0.6 is 0 Å². The molecule has 0 aromatic heterocycles. The number of benzene rings is 1. The Bertz CT molecular complexity index is 363. The SMILES string of the molecule is CC(CN)c1cc(F)ccc1OCC1CC1. The van der Waals surface area contributed by atoms with Gasteiger partial charge in [-0.2, -0.15) is 0 Å². The van der Waals surface area contributed by atoms with Crippen LogP contribution in [0.1, 0.15) is 31.2 Å². The van der Waals surface area contributed by atoms with Crippen molar-refractivity contribution in [2.24, 2.45) is 11.7 Å². The maximum Gasteiger partial charge on any atom is 0.123 e. The van der Waals surface area contributed by atoms with Gasteiger partial charge in [0, 0.05) is 5.56 Å². The van der Waals surface area contributed by atoms with Gasteiger partial charge in [0.25, 0.3) is 0 Å². The molecule has 2 N–H and O–H groups in total. The minimum absolute atomic E-state index is 0.130. The second-order valence-corrected chi connectivity index (χ2v) is 4.57. The van der Waals surface area contributed by atoms with Crippen LogP contribution in [0.25, 0.3) is 0 Å². The Hall–Kier alpha value is -1.09. The van der Waals surface area contributed by atoms with E-state index in [1.165, 1.54) is 25.0 Å². The van der Waals surface area contributed by atoms with Gasteiger partial charge in [0.2, 0.25) is 0 Å². The average molecular weight is 223 g/mol. The third kappa shape index (κ3) is 2.73. The number of nitrogens with two attached hydrogens (primary N) is 1. The van der Waals surface area contributed by atoms with E-state index in [1.807, 2.05) is 6.92 Å². The zero-order chi connectivity index (χ0) is 11.5. The fourth-order valence-electron chi connectivity index (χ4n) is 1.65. The summed E-state index contributed by atoms with van der Waals surface area (Å²) in [7, 11) is 0. The lowest BCUT2D eigenvalue weighted by atomic mass is 10.0. The first-order valence-corrected chi connectivity index (χ1v) is 5.83. The predicted octanol–water partition coefficient (Wildman–Crippen LogP) is 2.68. The summed E-state index contributed by atoms with van der Waals surface area (Å²) in [6.45, 7) is 3.23. The molecular weight excluding hydrogens is 205 g/mol. The summed E-state index contributed by atoms with van der Waals surface area (Å²) in [4.78, 5) is 0. The highest BCUT2D eigenvalue weighted by atomic mass is 19.1. The number of hydrogen-bond donors (Lipinski definition) is 1. The highest BCUT2D eigenvalue weighted by molar-refractivity contribution is 5.36.